The summed E-state index contributed by atoms with van der Waals surface area (Å²) in [5, 5.41) is 0. The van der Waals surface area contributed by atoms with Gasteiger partial charge in [-0.15, -0.1) is 0 Å². The first-order valence-corrected chi connectivity index (χ1v) is 12.4. The van der Waals surface area contributed by atoms with Crippen molar-refractivity contribution in [2.24, 2.45) is 0 Å². The summed E-state index contributed by atoms with van der Waals surface area (Å²) in [6.07, 6.45) is 5.73. The predicted octanol–water partition coefficient (Wildman–Crippen LogP) is 4.70. The number of hydrogen-bond donors (Lipinski definition) is 1. The van der Waals surface area contributed by atoms with Crippen LogP contribution in [0.1, 0.15) is 63.5 Å². The van der Waals surface area contributed by atoms with E-state index in [0.717, 1.165) is 44.1 Å². The molecule has 1 aromatic heterocycles. The lowest BCUT2D eigenvalue weighted by Gasteiger charge is -2.47. The smallest absolute Gasteiger partial charge is 0.408 e. The third-order valence-electron chi connectivity index (χ3n) is 7.13. The van der Waals surface area contributed by atoms with Crippen molar-refractivity contribution in [3.05, 3.63) is 64.1 Å². The number of aromatic amines is 1. The first kappa shape index (κ1) is 20.5. The molecule has 0 saturated heterocycles. The van der Waals surface area contributed by atoms with Crippen molar-refractivity contribution in [2.45, 2.75) is 74.8 Å². The Bertz CT molecular complexity index is 1300. The van der Waals surface area contributed by atoms with Crippen LogP contribution in [0.2, 0.25) is 0 Å². The molecule has 1 N–H and O–H groups in total. The second-order valence-electron chi connectivity index (χ2n) is 9.69. The number of nitrogens with one attached hydrogen (secondary N) is 1. The first-order valence-electron chi connectivity index (χ1n) is 11.0. The van der Waals surface area contributed by atoms with Crippen LogP contribution >= 0.6 is 0 Å². The van der Waals surface area contributed by atoms with Gasteiger partial charge in [-0.3, -0.25) is 4.98 Å². The number of rotatable bonds is 2. The molecule has 6 nitrogen and oxygen atoms in total. The normalized spacial score (nSPS) is 21.1. The van der Waals surface area contributed by atoms with E-state index in [1.165, 1.54) is 11.6 Å². The third-order valence-corrected chi connectivity index (χ3v) is 9.07. The molecule has 3 aromatic rings. The zero-order valence-electron chi connectivity index (χ0n) is 18.0. The van der Waals surface area contributed by atoms with Crippen LogP contribution in [-0.4, -0.2) is 23.2 Å². The number of fused-ring (bicyclic) bond motifs is 2. The number of aromatic nitrogens is 1. The van der Waals surface area contributed by atoms with Gasteiger partial charge < -0.3 is 4.42 Å². The Morgan fingerprint density at radius 3 is 2.55 bits per heavy atom. The molecule has 0 atom stereocenters. The summed E-state index contributed by atoms with van der Waals surface area (Å²) in [6, 6.07) is 12.9. The van der Waals surface area contributed by atoms with Crippen molar-refractivity contribution in [3.63, 3.8) is 0 Å². The van der Waals surface area contributed by atoms with Gasteiger partial charge in [-0.25, -0.2) is 13.2 Å². The Kier molecular flexibility index (Phi) is 4.68. The fourth-order valence-electron chi connectivity index (χ4n) is 5.84. The topological polar surface area (TPSA) is 83.4 Å². The van der Waals surface area contributed by atoms with Crippen LogP contribution in [0.15, 0.2) is 56.6 Å². The Labute approximate surface area is 182 Å². The van der Waals surface area contributed by atoms with Gasteiger partial charge in [0.15, 0.2) is 5.58 Å². The molecule has 31 heavy (non-hydrogen) atoms. The number of nitrogens with zero attached hydrogens (tertiary/aromatic N) is 1. The molecule has 1 aliphatic carbocycles. The maximum Gasteiger partial charge on any atom is 0.417 e. The van der Waals surface area contributed by atoms with E-state index in [-0.39, 0.29) is 15.9 Å². The third kappa shape index (κ3) is 3.34. The minimum absolute atomic E-state index is 0.129. The van der Waals surface area contributed by atoms with Crippen LogP contribution in [0.5, 0.6) is 0 Å². The molecule has 0 bridgehead atoms. The van der Waals surface area contributed by atoms with E-state index in [4.69, 9.17) is 4.42 Å². The van der Waals surface area contributed by atoms with Gasteiger partial charge in [0.05, 0.1) is 10.4 Å². The summed E-state index contributed by atoms with van der Waals surface area (Å²) in [6.45, 7) is 4.83. The monoisotopic (exact) mass is 440 g/mol. The number of hydrogen-bond acceptors (Lipinski definition) is 4. The first-order chi connectivity index (χ1) is 14.7. The van der Waals surface area contributed by atoms with Gasteiger partial charge in [0.25, 0.3) is 0 Å². The zero-order chi connectivity index (χ0) is 21.9. The summed E-state index contributed by atoms with van der Waals surface area (Å²) in [5.41, 5.74) is 2.50. The quantitative estimate of drug-likeness (QED) is 0.626. The van der Waals surface area contributed by atoms with E-state index in [0.29, 0.717) is 12.1 Å². The number of sulfonamides is 1. The lowest BCUT2D eigenvalue weighted by molar-refractivity contribution is 0.0970. The molecule has 2 aliphatic rings. The number of H-pyrrole nitrogens is 1. The molecule has 5 rings (SSSR count). The van der Waals surface area contributed by atoms with Crippen LogP contribution < -0.4 is 5.76 Å². The molecule has 1 aliphatic heterocycles. The van der Waals surface area contributed by atoms with Crippen LogP contribution in [0.3, 0.4) is 0 Å². The summed E-state index contributed by atoms with van der Waals surface area (Å²) in [4.78, 5) is 14.3. The molecule has 2 heterocycles. The Morgan fingerprint density at radius 2 is 1.77 bits per heavy atom. The van der Waals surface area contributed by atoms with E-state index < -0.39 is 21.3 Å². The van der Waals surface area contributed by atoms with Crippen molar-refractivity contribution in [2.75, 3.05) is 0 Å². The van der Waals surface area contributed by atoms with E-state index in [1.807, 2.05) is 12.1 Å². The maximum atomic E-state index is 14.1. The summed E-state index contributed by atoms with van der Waals surface area (Å²) >= 11 is 0. The highest BCUT2D eigenvalue weighted by Crippen LogP contribution is 2.49. The molecule has 1 saturated carbocycles. The molecule has 1 spiro atoms. The van der Waals surface area contributed by atoms with Gasteiger partial charge in [0, 0.05) is 18.2 Å². The van der Waals surface area contributed by atoms with E-state index in [1.54, 1.807) is 16.4 Å². The zero-order valence-corrected chi connectivity index (χ0v) is 18.8. The molecular formula is C24H28N2O4S. The van der Waals surface area contributed by atoms with Crippen LogP contribution in [0.25, 0.3) is 11.1 Å². The van der Waals surface area contributed by atoms with Gasteiger partial charge in [-0.05, 0) is 47.9 Å². The van der Waals surface area contributed by atoms with Crippen LogP contribution in [0, 0.1) is 0 Å². The number of benzene rings is 2. The van der Waals surface area contributed by atoms with Gasteiger partial charge in [-0.2, -0.15) is 4.31 Å². The molecule has 164 valence electrons. The lowest BCUT2D eigenvalue weighted by atomic mass is 9.69. The van der Waals surface area contributed by atoms with Crippen molar-refractivity contribution in [3.8, 4) is 0 Å². The number of oxazole rings is 1. The summed E-state index contributed by atoms with van der Waals surface area (Å²) < 4.78 is 35.1. The highest BCUT2D eigenvalue weighted by atomic mass is 32.2. The van der Waals surface area contributed by atoms with Gasteiger partial charge in [0.2, 0.25) is 10.0 Å². The predicted molar refractivity (Wildman–Crippen MR) is 119 cm³/mol. The van der Waals surface area contributed by atoms with Gasteiger partial charge in [-0.1, -0.05) is 57.4 Å². The van der Waals surface area contributed by atoms with E-state index >= 15 is 0 Å². The molecule has 1 fully saturated rings. The molecule has 0 radical (unpaired) electrons. The average Bonchev–Trinajstić information content (AvgIpc) is 3.07. The van der Waals surface area contributed by atoms with Crippen molar-refractivity contribution >= 4 is 21.1 Å². The van der Waals surface area contributed by atoms with Crippen molar-refractivity contribution in [1.29, 1.82) is 0 Å². The maximum absolute atomic E-state index is 14.1. The SMILES string of the molecule is CC1(C)CC2(CCCCC2)N(S(=O)(=O)c2ccc3[nH]c(=O)oc3c2)Cc2ccccc21. The molecule has 2 aromatic carbocycles. The lowest BCUT2D eigenvalue weighted by Crippen LogP contribution is -2.53. The largest absolute Gasteiger partial charge is 0.417 e. The Balaban J connectivity index is 1.68. The Hall–Kier alpha value is -2.38. The fraction of sp³-hybridized carbons (Fsp3) is 0.458. The second kappa shape index (κ2) is 7.07. The van der Waals surface area contributed by atoms with Crippen molar-refractivity contribution < 1.29 is 12.8 Å². The average molecular weight is 441 g/mol. The standard InChI is InChI=1S/C24H28N2O4S/c1-23(2)16-24(12-6-3-7-13-24)26(15-17-8-4-5-9-19(17)23)31(28,29)18-10-11-20-21(14-18)30-22(27)25-20/h4-5,8-11,14H,3,6-7,12-13,15-16H2,1-2H3,(H,25,27). The second-order valence-corrected chi connectivity index (χ2v) is 11.5. The molecule has 0 unspecified atom stereocenters. The molecule has 0 amide bonds. The van der Waals surface area contributed by atoms with E-state index in [2.05, 4.69) is 31.0 Å². The minimum atomic E-state index is -3.81. The highest BCUT2D eigenvalue weighted by Gasteiger charge is 2.50. The fourth-order valence-corrected chi connectivity index (χ4v) is 7.65. The minimum Gasteiger partial charge on any atom is -0.408 e. The molecular weight excluding hydrogens is 412 g/mol. The van der Waals surface area contributed by atoms with Crippen molar-refractivity contribution in [1.82, 2.24) is 9.29 Å². The summed E-state index contributed by atoms with van der Waals surface area (Å²) in [5.74, 6) is -0.584. The van der Waals surface area contributed by atoms with Gasteiger partial charge >= 0.3 is 5.76 Å². The Morgan fingerprint density at radius 1 is 1.03 bits per heavy atom. The van der Waals surface area contributed by atoms with Crippen LogP contribution in [-0.2, 0) is 22.0 Å². The highest BCUT2D eigenvalue weighted by molar-refractivity contribution is 7.89. The molecule has 7 heteroatoms. The van der Waals surface area contributed by atoms with Gasteiger partial charge in [0.1, 0.15) is 0 Å². The van der Waals surface area contributed by atoms with Crippen LogP contribution in [0.4, 0.5) is 0 Å². The summed E-state index contributed by atoms with van der Waals surface area (Å²) in [7, 11) is -3.81. The van der Waals surface area contributed by atoms with E-state index in [9.17, 15) is 13.2 Å².